The second-order valence-corrected chi connectivity index (χ2v) is 7.02. The average Bonchev–Trinajstić information content (AvgIpc) is 2.63. The monoisotopic (exact) mass is 393 g/mol. The molecule has 0 saturated heterocycles. The molecular formula is C21H23N5O3. The Morgan fingerprint density at radius 2 is 1.90 bits per heavy atom. The van der Waals surface area contributed by atoms with Crippen molar-refractivity contribution in [3.05, 3.63) is 69.8 Å². The zero-order chi connectivity index (χ0) is 21.0. The number of aryl methyl sites for hydroxylation is 2. The number of anilines is 1. The number of H-pyrrole nitrogens is 1. The lowest BCUT2D eigenvalue weighted by molar-refractivity contribution is -0.120. The van der Waals surface area contributed by atoms with Crippen molar-refractivity contribution in [2.45, 2.75) is 20.4 Å². The number of nitrogens with one attached hydrogen (secondary N) is 3. The van der Waals surface area contributed by atoms with Gasteiger partial charge in [-0.2, -0.15) is 0 Å². The number of rotatable bonds is 5. The van der Waals surface area contributed by atoms with Gasteiger partial charge < -0.3 is 10.3 Å². The van der Waals surface area contributed by atoms with Crippen LogP contribution < -0.4 is 16.2 Å². The molecule has 8 nitrogen and oxygen atoms in total. The van der Waals surface area contributed by atoms with Gasteiger partial charge in [-0.05, 0) is 44.7 Å². The summed E-state index contributed by atoms with van der Waals surface area (Å²) in [5, 5.41) is 5.49. The van der Waals surface area contributed by atoms with Crippen LogP contribution in [0.15, 0.2) is 47.3 Å². The van der Waals surface area contributed by atoms with Crippen LogP contribution >= 0.6 is 0 Å². The Labute approximate surface area is 168 Å². The molecule has 3 aromatic rings. The van der Waals surface area contributed by atoms with Gasteiger partial charge in [-0.15, -0.1) is 0 Å². The Bertz CT molecular complexity index is 1120. The number of para-hydroxylation sites is 1. The molecular weight excluding hydrogens is 370 g/mol. The summed E-state index contributed by atoms with van der Waals surface area (Å²) in [6.45, 7) is 4.08. The summed E-state index contributed by atoms with van der Waals surface area (Å²) < 4.78 is 0. The van der Waals surface area contributed by atoms with Gasteiger partial charge in [0.2, 0.25) is 5.91 Å². The number of carbonyl (C=O) groups excluding carboxylic acids is 2. The maximum atomic E-state index is 12.2. The van der Waals surface area contributed by atoms with E-state index in [1.165, 1.54) is 0 Å². The number of urea groups is 1. The Hall–Kier alpha value is -3.52. The molecule has 2 aromatic carbocycles. The molecule has 0 aliphatic rings. The number of benzene rings is 2. The number of amides is 3. The number of aromatic nitrogens is 2. The highest BCUT2D eigenvalue weighted by molar-refractivity contribution is 6.02. The number of hydrogen-bond donors (Lipinski definition) is 3. The number of imide groups is 1. The molecule has 8 heteroatoms. The number of aromatic amines is 1. The number of carbonyl (C=O) groups is 2. The van der Waals surface area contributed by atoms with Crippen LogP contribution in [0.4, 0.5) is 10.5 Å². The molecule has 0 radical (unpaired) electrons. The number of hydrogen-bond acceptors (Lipinski definition) is 5. The topological polar surface area (TPSA) is 107 Å². The fourth-order valence-corrected chi connectivity index (χ4v) is 3.04. The number of likely N-dealkylation sites (N-methyl/N-ethyl adjacent to an activating group) is 1. The summed E-state index contributed by atoms with van der Waals surface area (Å²) >= 11 is 0. The number of fused-ring (bicyclic) bond motifs is 1. The quantitative estimate of drug-likeness (QED) is 0.617. The van der Waals surface area contributed by atoms with Crippen LogP contribution in [0.3, 0.4) is 0 Å². The summed E-state index contributed by atoms with van der Waals surface area (Å²) in [7, 11) is 1.71. The Morgan fingerprint density at radius 3 is 2.66 bits per heavy atom. The summed E-state index contributed by atoms with van der Waals surface area (Å²) in [4.78, 5) is 45.1. The van der Waals surface area contributed by atoms with Crippen LogP contribution in [0.2, 0.25) is 0 Å². The summed E-state index contributed by atoms with van der Waals surface area (Å²) in [5.74, 6) is -0.0124. The Kier molecular flexibility index (Phi) is 6.04. The van der Waals surface area contributed by atoms with Crippen molar-refractivity contribution in [3.8, 4) is 0 Å². The zero-order valence-electron chi connectivity index (χ0n) is 16.6. The minimum Gasteiger partial charge on any atom is -0.309 e. The highest BCUT2D eigenvalue weighted by Crippen LogP contribution is 2.15. The van der Waals surface area contributed by atoms with Gasteiger partial charge in [0.1, 0.15) is 5.82 Å². The van der Waals surface area contributed by atoms with Crippen molar-refractivity contribution in [2.75, 3.05) is 18.9 Å². The third-order valence-corrected chi connectivity index (χ3v) is 4.38. The zero-order valence-corrected chi connectivity index (χ0v) is 16.6. The van der Waals surface area contributed by atoms with Crippen molar-refractivity contribution in [1.82, 2.24) is 20.2 Å². The molecule has 150 valence electrons. The van der Waals surface area contributed by atoms with E-state index in [1.807, 2.05) is 32.0 Å². The molecule has 0 bridgehead atoms. The predicted molar refractivity (Wildman–Crippen MR) is 112 cm³/mol. The van der Waals surface area contributed by atoms with Gasteiger partial charge in [0, 0.05) is 5.69 Å². The van der Waals surface area contributed by atoms with Gasteiger partial charge in [-0.3, -0.25) is 19.8 Å². The summed E-state index contributed by atoms with van der Waals surface area (Å²) in [6, 6.07) is 12.1. The Balaban J connectivity index is 1.56. The standard InChI is InChI=1S/C21H23N5O3/c1-13-8-9-16(14(2)10-13)23-21(29)25-19(27)12-26(3)11-18-22-17-7-5-4-6-15(17)20(28)24-18/h4-10H,11-12H2,1-3H3,(H,22,24,28)(H2,23,25,27,29). The van der Waals surface area contributed by atoms with E-state index in [2.05, 4.69) is 20.6 Å². The molecule has 0 aliphatic carbocycles. The minimum atomic E-state index is -0.590. The van der Waals surface area contributed by atoms with Gasteiger partial charge in [0.25, 0.3) is 5.56 Å². The maximum absolute atomic E-state index is 12.2. The van der Waals surface area contributed by atoms with Crippen molar-refractivity contribution in [3.63, 3.8) is 0 Å². The first kappa shape index (κ1) is 20.2. The first-order chi connectivity index (χ1) is 13.8. The van der Waals surface area contributed by atoms with Crippen LogP contribution in [-0.4, -0.2) is 40.4 Å². The lowest BCUT2D eigenvalue weighted by atomic mass is 10.1. The van der Waals surface area contributed by atoms with Gasteiger partial charge in [-0.25, -0.2) is 9.78 Å². The van der Waals surface area contributed by atoms with E-state index < -0.39 is 11.9 Å². The molecule has 3 N–H and O–H groups in total. The number of nitrogens with zero attached hydrogens (tertiary/aromatic N) is 2. The van der Waals surface area contributed by atoms with E-state index in [0.29, 0.717) is 22.4 Å². The molecule has 3 rings (SSSR count). The van der Waals surface area contributed by atoms with Gasteiger partial charge in [-0.1, -0.05) is 29.8 Å². The fraction of sp³-hybridized carbons (Fsp3) is 0.238. The van der Waals surface area contributed by atoms with E-state index in [9.17, 15) is 14.4 Å². The van der Waals surface area contributed by atoms with Crippen LogP contribution in [-0.2, 0) is 11.3 Å². The molecule has 0 spiro atoms. The van der Waals surface area contributed by atoms with Crippen LogP contribution in [0.5, 0.6) is 0 Å². The van der Waals surface area contributed by atoms with E-state index >= 15 is 0 Å². The van der Waals surface area contributed by atoms with E-state index in [4.69, 9.17) is 0 Å². The summed E-state index contributed by atoms with van der Waals surface area (Å²) in [6.07, 6.45) is 0. The SMILES string of the molecule is Cc1ccc(NC(=O)NC(=O)CN(C)Cc2nc3ccccc3c(=O)[nH]2)c(C)c1. The largest absolute Gasteiger partial charge is 0.325 e. The van der Waals surface area contributed by atoms with Crippen molar-refractivity contribution >= 4 is 28.5 Å². The Morgan fingerprint density at radius 1 is 1.14 bits per heavy atom. The first-order valence-electron chi connectivity index (χ1n) is 9.16. The second kappa shape index (κ2) is 8.66. The van der Waals surface area contributed by atoms with Gasteiger partial charge in [0.05, 0.1) is 24.0 Å². The molecule has 0 saturated carbocycles. The molecule has 29 heavy (non-hydrogen) atoms. The molecule has 0 unspecified atom stereocenters. The fourth-order valence-electron chi connectivity index (χ4n) is 3.04. The van der Waals surface area contributed by atoms with Crippen LogP contribution in [0.25, 0.3) is 10.9 Å². The van der Waals surface area contributed by atoms with E-state index in [-0.39, 0.29) is 18.6 Å². The van der Waals surface area contributed by atoms with Crippen LogP contribution in [0, 0.1) is 13.8 Å². The molecule has 0 fully saturated rings. The van der Waals surface area contributed by atoms with Crippen LogP contribution in [0.1, 0.15) is 17.0 Å². The molecule has 1 heterocycles. The lowest BCUT2D eigenvalue weighted by Gasteiger charge is -2.16. The first-order valence-corrected chi connectivity index (χ1v) is 9.16. The van der Waals surface area contributed by atoms with Gasteiger partial charge in [0.15, 0.2) is 0 Å². The van der Waals surface area contributed by atoms with Crippen molar-refractivity contribution < 1.29 is 9.59 Å². The molecule has 0 aliphatic heterocycles. The minimum absolute atomic E-state index is 0.0309. The van der Waals surface area contributed by atoms with Crippen molar-refractivity contribution in [1.29, 1.82) is 0 Å². The second-order valence-electron chi connectivity index (χ2n) is 7.02. The van der Waals surface area contributed by atoms with E-state index in [0.717, 1.165) is 11.1 Å². The maximum Gasteiger partial charge on any atom is 0.325 e. The average molecular weight is 393 g/mol. The normalized spacial score (nSPS) is 10.9. The smallest absolute Gasteiger partial charge is 0.309 e. The molecule has 0 atom stereocenters. The third-order valence-electron chi connectivity index (χ3n) is 4.38. The summed E-state index contributed by atoms with van der Waals surface area (Å²) in [5.41, 5.74) is 3.02. The molecule has 3 amide bonds. The highest BCUT2D eigenvalue weighted by Gasteiger charge is 2.13. The van der Waals surface area contributed by atoms with Crippen molar-refractivity contribution in [2.24, 2.45) is 0 Å². The predicted octanol–water partition coefficient (Wildman–Crippen LogP) is 2.32. The van der Waals surface area contributed by atoms with E-state index in [1.54, 1.807) is 36.2 Å². The third kappa shape index (κ3) is 5.26. The lowest BCUT2D eigenvalue weighted by Crippen LogP contribution is -2.40. The molecule has 1 aromatic heterocycles. The highest BCUT2D eigenvalue weighted by atomic mass is 16.2. The van der Waals surface area contributed by atoms with Gasteiger partial charge >= 0.3 is 6.03 Å².